The molecular weight excluding hydrogens is 362 g/mol. The maximum absolute atomic E-state index is 12.4. The van der Waals surface area contributed by atoms with Crippen LogP contribution in [0, 0.1) is 0 Å². The van der Waals surface area contributed by atoms with Gasteiger partial charge < -0.3 is 15.4 Å². The van der Waals surface area contributed by atoms with Gasteiger partial charge in [0.05, 0.1) is 0 Å². The molecule has 6 heteroatoms. The van der Waals surface area contributed by atoms with E-state index in [-0.39, 0.29) is 24.2 Å². The van der Waals surface area contributed by atoms with Crippen molar-refractivity contribution in [3.8, 4) is 5.75 Å². The van der Waals surface area contributed by atoms with Crippen molar-refractivity contribution >= 4 is 11.6 Å². The average molecular weight is 383 g/mol. The van der Waals surface area contributed by atoms with E-state index in [0.29, 0.717) is 0 Å². The summed E-state index contributed by atoms with van der Waals surface area (Å²) in [6, 6.07) is 25.3. The van der Waals surface area contributed by atoms with Gasteiger partial charge in [-0.05, 0) is 36.4 Å². The molecule has 28 heavy (non-hydrogen) atoms. The zero-order valence-electron chi connectivity index (χ0n) is 15.1. The number of nitrogens with one attached hydrogen (secondary N) is 1. The lowest BCUT2D eigenvalue weighted by atomic mass is 9.98. The summed E-state index contributed by atoms with van der Waals surface area (Å²) in [5.74, 6) is -0.0165. The Balaban J connectivity index is 1.72. The number of alkyl halides is 2. The molecule has 0 heterocycles. The monoisotopic (exact) mass is 383 g/mol. The van der Waals surface area contributed by atoms with Crippen LogP contribution in [0.25, 0.3) is 0 Å². The number of halogens is 2. The smallest absolute Gasteiger partial charge is 0.387 e. The molecule has 0 aliphatic carbocycles. The first-order valence-corrected chi connectivity index (χ1v) is 8.90. The van der Waals surface area contributed by atoms with E-state index in [9.17, 15) is 13.6 Å². The van der Waals surface area contributed by atoms with Gasteiger partial charge in [-0.15, -0.1) is 0 Å². The van der Waals surface area contributed by atoms with E-state index in [1.165, 1.54) is 12.1 Å². The Kier molecular flexibility index (Phi) is 6.70. The number of carbonyl (C=O) groups excluding carboxylic acids is 1. The normalized spacial score (nSPS) is 11.8. The Morgan fingerprint density at radius 3 is 2.04 bits per heavy atom. The van der Waals surface area contributed by atoms with E-state index < -0.39 is 6.61 Å². The number of carbonyl (C=O) groups is 1. The summed E-state index contributed by atoms with van der Waals surface area (Å²) in [4.78, 5) is 12.3. The first-order chi connectivity index (χ1) is 13.6. The predicted molar refractivity (Wildman–Crippen MR) is 103 cm³/mol. The van der Waals surface area contributed by atoms with Crippen LogP contribution in [0.2, 0.25) is 0 Å². The van der Waals surface area contributed by atoms with E-state index in [2.05, 4.69) is 10.1 Å². The van der Waals surface area contributed by atoms with Crippen molar-refractivity contribution in [1.82, 2.24) is 0 Å². The Hall–Kier alpha value is -3.25. The molecule has 0 radical (unpaired) electrons. The second-order valence-electron chi connectivity index (χ2n) is 6.19. The van der Waals surface area contributed by atoms with Crippen LogP contribution in [0.15, 0.2) is 84.9 Å². The first kappa shape index (κ1) is 19.5. The Labute approximate surface area is 162 Å². The van der Waals surface area contributed by atoms with Crippen molar-refractivity contribution in [2.24, 2.45) is 0 Å². The molecule has 3 rings (SSSR count). The average Bonchev–Trinajstić information content (AvgIpc) is 2.70. The van der Waals surface area contributed by atoms with Crippen LogP contribution in [0.1, 0.15) is 17.2 Å². The second-order valence-corrected chi connectivity index (χ2v) is 6.19. The van der Waals surface area contributed by atoms with E-state index in [0.717, 1.165) is 16.8 Å². The fourth-order valence-electron chi connectivity index (χ4n) is 2.94. The van der Waals surface area contributed by atoms with Crippen molar-refractivity contribution in [3.63, 3.8) is 0 Å². The second kappa shape index (κ2) is 9.62. The van der Waals surface area contributed by atoms with Gasteiger partial charge in [-0.3, -0.25) is 4.79 Å². The number of ether oxygens (including phenoxy) is 1. The SMILES string of the molecule is O=C(C[NH2+][C@@H](c1ccccc1)c1ccc(OC(F)F)cc1)Nc1ccccc1. The number of quaternary nitrogens is 1. The minimum absolute atomic E-state index is 0.104. The summed E-state index contributed by atoms with van der Waals surface area (Å²) in [7, 11) is 0. The number of hydrogen-bond acceptors (Lipinski definition) is 2. The molecule has 0 fully saturated rings. The van der Waals surface area contributed by atoms with E-state index in [4.69, 9.17) is 0 Å². The maximum Gasteiger partial charge on any atom is 0.387 e. The Morgan fingerprint density at radius 1 is 0.857 bits per heavy atom. The van der Waals surface area contributed by atoms with Crippen LogP contribution in [0.4, 0.5) is 14.5 Å². The summed E-state index contributed by atoms with van der Waals surface area (Å²) in [6.45, 7) is -2.65. The van der Waals surface area contributed by atoms with Gasteiger partial charge in [-0.1, -0.05) is 48.5 Å². The molecule has 0 unspecified atom stereocenters. The zero-order valence-corrected chi connectivity index (χ0v) is 15.1. The van der Waals surface area contributed by atoms with Crippen LogP contribution < -0.4 is 15.4 Å². The highest BCUT2D eigenvalue weighted by atomic mass is 19.3. The van der Waals surface area contributed by atoms with E-state index in [1.807, 2.05) is 66.0 Å². The van der Waals surface area contributed by atoms with Crippen LogP contribution in [-0.4, -0.2) is 19.1 Å². The third-order valence-electron chi connectivity index (χ3n) is 4.22. The minimum Gasteiger partial charge on any atom is -0.435 e. The molecule has 0 bridgehead atoms. The molecule has 1 amide bonds. The molecule has 0 aliphatic heterocycles. The van der Waals surface area contributed by atoms with Gasteiger partial charge in [-0.25, -0.2) is 0 Å². The summed E-state index contributed by atoms with van der Waals surface area (Å²) in [6.07, 6.45) is 0. The molecule has 0 aliphatic rings. The largest absolute Gasteiger partial charge is 0.435 e. The number of hydrogen-bond donors (Lipinski definition) is 2. The van der Waals surface area contributed by atoms with Gasteiger partial charge in [0.15, 0.2) is 6.54 Å². The van der Waals surface area contributed by atoms with E-state index in [1.54, 1.807) is 12.1 Å². The molecule has 4 nitrogen and oxygen atoms in total. The highest BCUT2D eigenvalue weighted by molar-refractivity contribution is 5.91. The Bertz CT molecular complexity index is 872. The fraction of sp³-hybridized carbons (Fsp3) is 0.136. The molecule has 0 aromatic heterocycles. The lowest BCUT2D eigenvalue weighted by molar-refractivity contribution is -0.676. The summed E-state index contributed by atoms with van der Waals surface area (Å²) < 4.78 is 29.1. The van der Waals surface area contributed by atoms with Crippen LogP contribution in [0.3, 0.4) is 0 Å². The van der Waals surface area contributed by atoms with Gasteiger partial charge in [0.2, 0.25) is 0 Å². The van der Waals surface area contributed by atoms with Crippen molar-refractivity contribution in [1.29, 1.82) is 0 Å². The summed E-state index contributed by atoms with van der Waals surface area (Å²) >= 11 is 0. The topological polar surface area (TPSA) is 54.9 Å². The minimum atomic E-state index is -2.86. The number of rotatable bonds is 8. The van der Waals surface area contributed by atoms with Crippen molar-refractivity contribution < 1.29 is 23.6 Å². The Morgan fingerprint density at radius 2 is 1.43 bits per heavy atom. The van der Waals surface area contributed by atoms with Gasteiger partial charge in [0.1, 0.15) is 11.8 Å². The van der Waals surface area contributed by atoms with Gasteiger partial charge >= 0.3 is 6.61 Å². The van der Waals surface area contributed by atoms with E-state index >= 15 is 0 Å². The van der Waals surface area contributed by atoms with Crippen LogP contribution in [-0.2, 0) is 4.79 Å². The molecule has 3 N–H and O–H groups in total. The first-order valence-electron chi connectivity index (χ1n) is 8.90. The maximum atomic E-state index is 12.4. The molecule has 3 aromatic rings. The van der Waals surface area contributed by atoms with Crippen molar-refractivity contribution in [2.45, 2.75) is 12.7 Å². The number of benzene rings is 3. The fourth-order valence-corrected chi connectivity index (χ4v) is 2.94. The summed E-state index contributed by atoms with van der Waals surface area (Å²) in [5, 5.41) is 4.77. The number of para-hydroxylation sites is 1. The molecule has 3 aromatic carbocycles. The zero-order chi connectivity index (χ0) is 19.8. The van der Waals surface area contributed by atoms with Gasteiger partial charge in [-0.2, -0.15) is 8.78 Å². The van der Waals surface area contributed by atoms with Gasteiger partial charge in [0, 0.05) is 16.8 Å². The molecule has 1 atom stereocenters. The number of amides is 1. The number of anilines is 1. The molecule has 144 valence electrons. The highest BCUT2D eigenvalue weighted by Crippen LogP contribution is 2.22. The summed E-state index contributed by atoms with van der Waals surface area (Å²) in [5.41, 5.74) is 2.64. The highest BCUT2D eigenvalue weighted by Gasteiger charge is 2.19. The third kappa shape index (κ3) is 5.62. The van der Waals surface area contributed by atoms with Crippen molar-refractivity contribution in [2.75, 3.05) is 11.9 Å². The standard InChI is InChI=1S/C22H20F2N2O2/c23-22(24)28-19-13-11-17(12-14-19)21(16-7-3-1-4-8-16)25-15-20(27)26-18-9-5-2-6-10-18/h1-14,21-22,25H,15H2,(H,26,27)/p+1/t21-/m0/s1. The molecule has 0 saturated carbocycles. The lowest BCUT2D eigenvalue weighted by Crippen LogP contribution is -2.87. The van der Waals surface area contributed by atoms with Crippen molar-refractivity contribution in [3.05, 3.63) is 96.1 Å². The number of nitrogens with two attached hydrogens (primary N) is 1. The quantitative estimate of drug-likeness (QED) is 0.625. The predicted octanol–water partition coefficient (Wildman–Crippen LogP) is 3.58. The molecular formula is C22H21F2N2O2+. The van der Waals surface area contributed by atoms with Crippen LogP contribution >= 0.6 is 0 Å². The lowest BCUT2D eigenvalue weighted by Gasteiger charge is -2.17. The van der Waals surface area contributed by atoms with Gasteiger partial charge in [0.25, 0.3) is 5.91 Å². The van der Waals surface area contributed by atoms with Crippen LogP contribution in [0.5, 0.6) is 5.75 Å². The molecule has 0 spiro atoms. The third-order valence-corrected chi connectivity index (χ3v) is 4.22. The molecule has 0 saturated heterocycles.